The first-order chi connectivity index (χ1) is 9.30. The lowest BCUT2D eigenvalue weighted by Gasteiger charge is -2.24. The molecule has 5 heteroatoms. The van der Waals surface area contributed by atoms with Crippen molar-refractivity contribution >= 4 is 12.1 Å². The van der Waals surface area contributed by atoms with Crippen molar-refractivity contribution in [3.8, 4) is 0 Å². The summed E-state index contributed by atoms with van der Waals surface area (Å²) in [6, 6.07) is -0.299. The van der Waals surface area contributed by atoms with Crippen molar-refractivity contribution in [1.29, 1.82) is 0 Å². The van der Waals surface area contributed by atoms with E-state index in [4.69, 9.17) is 9.47 Å². The van der Waals surface area contributed by atoms with Gasteiger partial charge in [-0.25, -0.2) is 9.59 Å². The van der Waals surface area contributed by atoms with Crippen molar-refractivity contribution in [2.45, 2.75) is 72.6 Å². The maximum absolute atomic E-state index is 11.8. The van der Waals surface area contributed by atoms with Gasteiger partial charge in [-0.15, -0.1) is 0 Å². The smallest absolute Gasteiger partial charge is 0.408 e. The Kier molecular flexibility index (Phi) is 6.94. The van der Waals surface area contributed by atoms with Gasteiger partial charge in [0.15, 0.2) is 0 Å². The average molecular weight is 299 g/mol. The number of hydrogen-bond donors (Lipinski definition) is 1. The zero-order valence-corrected chi connectivity index (χ0v) is 14.4. The van der Waals surface area contributed by atoms with Crippen LogP contribution in [-0.2, 0) is 14.3 Å². The highest BCUT2D eigenvalue weighted by molar-refractivity contribution is 5.82. The number of hydrogen-bond acceptors (Lipinski definition) is 4. The minimum absolute atomic E-state index is 0.121. The highest BCUT2D eigenvalue weighted by Gasteiger charge is 2.20. The predicted octanol–water partition coefficient (Wildman–Crippen LogP) is 3.43. The minimum atomic E-state index is -0.555. The number of ether oxygens (including phenoxy) is 2. The number of nitrogens with one attached hydrogen (secondary N) is 1. The monoisotopic (exact) mass is 299 g/mol. The molecule has 0 aliphatic heterocycles. The molecule has 0 aliphatic rings. The summed E-state index contributed by atoms with van der Waals surface area (Å²) in [5.41, 5.74) is -1.09. The molecular formula is C16H29NO4. The molecule has 0 aromatic rings. The third-order valence-electron chi connectivity index (χ3n) is 2.25. The molecule has 0 bridgehead atoms. The van der Waals surface area contributed by atoms with Crippen molar-refractivity contribution in [2.24, 2.45) is 5.92 Å². The van der Waals surface area contributed by atoms with Gasteiger partial charge >= 0.3 is 12.1 Å². The fourth-order valence-corrected chi connectivity index (χ4v) is 1.40. The van der Waals surface area contributed by atoms with Crippen LogP contribution in [0.3, 0.4) is 0 Å². The molecule has 122 valence electrons. The van der Waals surface area contributed by atoms with Gasteiger partial charge in [0.1, 0.15) is 11.2 Å². The largest absolute Gasteiger partial charge is 0.457 e. The van der Waals surface area contributed by atoms with E-state index in [-0.39, 0.29) is 12.0 Å². The summed E-state index contributed by atoms with van der Waals surface area (Å²) in [6.07, 6.45) is 2.46. The van der Waals surface area contributed by atoms with Crippen molar-refractivity contribution in [3.05, 3.63) is 12.2 Å². The Morgan fingerprint density at radius 2 is 1.43 bits per heavy atom. The fraction of sp³-hybridized carbons (Fsp3) is 0.750. The summed E-state index contributed by atoms with van der Waals surface area (Å²) >= 11 is 0. The van der Waals surface area contributed by atoms with E-state index >= 15 is 0 Å². The maximum atomic E-state index is 11.8. The Morgan fingerprint density at radius 1 is 0.952 bits per heavy atom. The maximum Gasteiger partial charge on any atom is 0.408 e. The van der Waals surface area contributed by atoms with Gasteiger partial charge in [-0.05, 0) is 47.5 Å². The second-order valence-corrected chi connectivity index (χ2v) is 7.31. The molecule has 0 aromatic carbocycles. The standard InChI is InChI=1S/C16H29NO4/c1-11(2)12(17-14(19)21-16(6,7)8)9-10-13(18)20-15(3,4)5/h9-12H,1-8H3,(H,17,19)/t12-/m1/s1. The Hall–Kier alpha value is -1.52. The number of amides is 1. The van der Waals surface area contributed by atoms with E-state index in [0.717, 1.165) is 0 Å². The second kappa shape index (κ2) is 7.48. The molecular weight excluding hydrogens is 270 g/mol. The summed E-state index contributed by atoms with van der Waals surface area (Å²) in [6.45, 7) is 14.7. The van der Waals surface area contributed by atoms with Crippen LogP contribution in [-0.4, -0.2) is 29.3 Å². The van der Waals surface area contributed by atoms with E-state index in [9.17, 15) is 9.59 Å². The van der Waals surface area contributed by atoms with Crippen molar-refractivity contribution < 1.29 is 19.1 Å². The summed E-state index contributed by atoms with van der Waals surface area (Å²) in [5, 5.41) is 2.74. The first-order valence-corrected chi connectivity index (χ1v) is 7.21. The van der Waals surface area contributed by atoms with Crippen LogP contribution in [0.5, 0.6) is 0 Å². The normalized spacial score (nSPS) is 14.1. The molecule has 1 atom stereocenters. The van der Waals surface area contributed by atoms with Gasteiger partial charge in [0, 0.05) is 6.08 Å². The van der Waals surface area contributed by atoms with Crippen LogP contribution in [0.2, 0.25) is 0 Å². The molecule has 21 heavy (non-hydrogen) atoms. The molecule has 0 radical (unpaired) electrons. The van der Waals surface area contributed by atoms with Gasteiger partial charge in [0.05, 0.1) is 6.04 Å². The summed E-state index contributed by atoms with van der Waals surface area (Å²) < 4.78 is 10.4. The second-order valence-electron chi connectivity index (χ2n) is 7.31. The van der Waals surface area contributed by atoms with E-state index in [2.05, 4.69) is 5.32 Å². The van der Waals surface area contributed by atoms with Gasteiger partial charge in [-0.2, -0.15) is 0 Å². The fourth-order valence-electron chi connectivity index (χ4n) is 1.40. The minimum Gasteiger partial charge on any atom is -0.457 e. The Balaban J connectivity index is 4.64. The molecule has 0 unspecified atom stereocenters. The van der Waals surface area contributed by atoms with Crippen LogP contribution >= 0.6 is 0 Å². The molecule has 1 amide bonds. The lowest BCUT2D eigenvalue weighted by Crippen LogP contribution is -2.40. The van der Waals surface area contributed by atoms with Gasteiger partial charge in [-0.1, -0.05) is 19.9 Å². The Bertz CT molecular complexity index is 386. The van der Waals surface area contributed by atoms with E-state index < -0.39 is 23.3 Å². The van der Waals surface area contributed by atoms with E-state index in [1.807, 2.05) is 13.8 Å². The van der Waals surface area contributed by atoms with Crippen molar-refractivity contribution in [2.75, 3.05) is 0 Å². The Labute approximate surface area is 128 Å². The van der Waals surface area contributed by atoms with Crippen LogP contribution in [0, 0.1) is 5.92 Å². The van der Waals surface area contributed by atoms with E-state index in [1.54, 1.807) is 47.6 Å². The predicted molar refractivity (Wildman–Crippen MR) is 83.0 cm³/mol. The summed E-state index contributed by atoms with van der Waals surface area (Å²) in [5.74, 6) is -0.310. The quantitative estimate of drug-likeness (QED) is 0.638. The molecule has 0 aliphatic carbocycles. The third-order valence-corrected chi connectivity index (χ3v) is 2.25. The highest BCUT2D eigenvalue weighted by atomic mass is 16.6. The SMILES string of the molecule is CC(C)[C@@H](C=CC(=O)OC(C)(C)C)NC(=O)OC(C)(C)C. The van der Waals surface area contributed by atoms with Crippen LogP contribution in [0.1, 0.15) is 55.4 Å². The molecule has 0 fully saturated rings. The van der Waals surface area contributed by atoms with Crippen molar-refractivity contribution in [1.82, 2.24) is 5.32 Å². The molecule has 0 rings (SSSR count). The summed E-state index contributed by atoms with van der Waals surface area (Å²) in [4.78, 5) is 23.4. The lowest BCUT2D eigenvalue weighted by molar-refractivity contribution is -0.148. The van der Waals surface area contributed by atoms with Crippen LogP contribution < -0.4 is 5.32 Å². The van der Waals surface area contributed by atoms with Crippen molar-refractivity contribution in [3.63, 3.8) is 0 Å². The van der Waals surface area contributed by atoms with Gasteiger partial charge < -0.3 is 14.8 Å². The highest BCUT2D eigenvalue weighted by Crippen LogP contribution is 2.11. The Morgan fingerprint density at radius 3 is 1.81 bits per heavy atom. The van der Waals surface area contributed by atoms with Crippen LogP contribution in [0.15, 0.2) is 12.2 Å². The molecule has 0 spiro atoms. The molecule has 0 saturated carbocycles. The number of carbonyl (C=O) groups excluding carboxylic acids is 2. The molecule has 0 heterocycles. The zero-order chi connectivity index (χ0) is 16.8. The van der Waals surface area contributed by atoms with Gasteiger partial charge in [0.25, 0.3) is 0 Å². The molecule has 5 nitrogen and oxygen atoms in total. The third kappa shape index (κ3) is 10.9. The number of alkyl carbamates (subject to hydrolysis) is 1. The summed E-state index contributed by atoms with van der Waals surface area (Å²) in [7, 11) is 0. The first-order valence-electron chi connectivity index (χ1n) is 7.21. The number of esters is 1. The van der Waals surface area contributed by atoms with Crippen LogP contribution in [0.25, 0.3) is 0 Å². The molecule has 1 N–H and O–H groups in total. The molecule has 0 saturated heterocycles. The van der Waals surface area contributed by atoms with Gasteiger partial charge in [-0.3, -0.25) is 0 Å². The van der Waals surface area contributed by atoms with Gasteiger partial charge in [0.2, 0.25) is 0 Å². The molecule has 0 aromatic heterocycles. The zero-order valence-electron chi connectivity index (χ0n) is 14.4. The topological polar surface area (TPSA) is 64.6 Å². The first kappa shape index (κ1) is 19.5. The lowest BCUT2D eigenvalue weighted by atomic mass is 10.0. The van der Waals surface area contributed by atoms with E-state index in [1.165, 1.54) is 6.08 Å². The van der Waals surface area contributed by atoms with Crippen LogP contribution in [0.4, 0.5) is 4.79 Å². The average Bonchev–Trinajstić information content (AvgIpc) is 2.18. The number of rotatable bonds is 4. The number of carbonyl (C=O) groups is 2. The van der Waals surface area contributed by atoms with E-state index in [0.29, 0.717) is 0 Å².